The van der Waals surface area contributed by atoms with Crippen LogP contribution in [0.4, 0.5) is 0 Å². The summed E-state index contributed by atoms with van der Waals surface area (Å²) in [5.41, 5.74) is 5.82. The van der Waals surface area contributed by atoms with Crippen molar-refractivity contribution in [1.82, 2.24) is 15.3 Å². The van der Waals surface area contributed by atoms with Gasteiger partial charge in [-0.25, -0.2) is 0 Å². The van der Waals surface area contributed by atoms with Crippen LogP contribution < -0.4 is 5.32 Å². The first-order chi connectivity index (χ1) is 13.3. The topological polar surface area (TPSA) is 67.4 Å². The Labute approximate surface area is 158 Å². The van der Waals surface area contributed by atoms with Crippen molar-refractivity contribution in [2.45, 2.75) is 18.8 Å². The van der Waals surface area contributed by atoms with Crippen LogP contribution in [0.5, 0.6) is 0 Å². The fourth-order valence-corrected chi connectivity index (χ4v) is 4.22. The van der Waals surface area contributed by atoms with E-state index in [2.05, 4.69) is 58.0 Å². The van der Waals surface area contributed by atoms with Gasteiger partial charge in [0.15, 0.2) is 0 Å². The third-order valence-corrected chi connectivity index (χ3v) is 5.82. The zero-order chi connectivity index (χ0) is 18.2. The molecule has 1 saturated carbocycles. The van der Waals surface area contributed by atoms with Crippen LogP contribution in [0.1, 0.15) is 29.0 Å². The largest absolute Gasteiger partial charge is 0.361 e. The van der Waals surface area contributed by atoms with Gasteiger partial charge in [0.1, 0.15) is 0 Å². The van der Waals surface area contributed by atoms with E-state index >= 15 is 0 Å². The van der Waals surface area contributed by atoms with E-state index < -0.39 is 0 Å². The Morgan fingerprint density at radius 1 is 1.04 bits per heavy atom. The van der Waals surface area contributed by atoms with E-state index in [1.165, 1.54) is 33.8 Å². The van der Waals surface area contributed by atoms with Crippen molar-refractivity contribution < 1.29 is 0 Å². The first kappa shape index (κ1) is 16.2. The van der Waals surface area contributed by atoms with Crippen LogP contribution in [0, 0.1) is 17.2 Å². The number of aromatic nitrogens is 2. The number of aromatic amines is 2. The summed E-state index contributed by atoms with van der Waals surface area (Å²) in [5, 5.41) is 15.3. The van der Waals surface area contributed by atoms with Gasteiger partial charge in [0, 0.05) is 34.2 Å². The average Bonchev–Trinajstić information content (AvgIpc) is 3.16. The molecule has 5 rings (SSSR count). The molecule has 27 heavy (non-hydrogen) atoms. The van der Waals surface area contributed by atoms with Crippen LogP contribution in [0.2, 0.25) is 0 Å². The predicted molar refractivity (Wildman–Crippen MR) is 109 cm³/mol. The maximum Gasteiger partial charge on any atom is 0.0991 e. The average molecular weight is 354 g/mol. The van der Waals surface area contributed by atoms with Gasteiger partial charge in [-0.15, -0.1) is 0 Å². The molecule has 0 radical (unpaired) electrons. The van der Waals surface area contributed by atoms with Crippen molar-refractivity contribution in [2.24, 2.45) is 5.92 Å². The lowest BCUT2D eigenvalue weighted by molar-refractivity contribution is 0.628. The van der Waals surface area contributed by atoms with Crippen molar-refractivity contribution in [3.8, 4) is 6.07 Å². The van der Waals surface area contributed by atoms with Crippen LogP contribution >= 0.6 is 0 Å². The molecular weight excluding hydrogens is 332 g/mol. The molecule has 0 bridgehead atoms. The summed E-state index contributed by atoms with van der Waals surface area (Å²) in [5.74, 6) is 1.30. The number of nitriles is 1. The zero-order valence-electron chi connectivity index (χ0n) is 15.1. The summed E-state index contributed by atoms with van der Waals surface area (Å²) in [6, 6.07) is 16.6. The van der Waals surface area contributed by atoms with Crippen molar-refractivity contribution >= 4 is 21.8 Å². The van der Waals surface area contributed by atoms with Crippen LogP contribution in [0.3, 0.4) is 0 Å². The molecule has 0 spiro atoms. The highest BCUT2D eigenvalue weighted by Crippen LogP contribution is 2.49. The van der Waals surface area contributed by atoms with Gasteiger partial charge < -0.3 is 15.3 Å². The first-order valence-electron chi connectivity index (χ1n) is 9.60. The molecule has 0 aliphatic heterocycles. The smallest absolute Gasteiger partial charge is 0.0991 e. The number of para-hydroxylation sites is 1. The third-order valence-electron chi connectivity index (χ3n) is 5.82. The number of hydrogen-bond donors (Lipinski definition) is 3. The van der Waals surface area contributed by atoms with Crippen molar-refractivity contribution in [2.75, 3.05) is 13.1 Å². The molecule has 134 valence electrons. The molecule has 1 aliphatic rings. The van der Waals surface area contributed by atoms with Gasteiger partial charge in [-0.1, -0.05) is 18.2 Å². The second-order valence-corrected chi connectivity index (χ2v) is 7.53. The van der Waals surface area contributed by atoms with Crippen LogP contribution in [-0.2, 0) is 6.42 Å². The molecule has 4 nitrogen and oxygen atoms in total. The fourth-order valence-electron chi connectivity index (χ4n) is 4.22. The van der Waals surface area contributed by atoms with Crippen molar-refractivity contribution in [1.29, 1.82) is 5.26 Å². The Kier molecular flexibility index (Phi) is 3.95. The highest BCUT2D eigenvalue weighted by atomic mass is 14.9. The molecule has 2 aromatic heterocycles. The second kappa shape index (κ2) is 6.61. The van der Waals surface area contributed by atoms with Gasteiger partial charge in [-0.05, 0) is 73.2 Å². The standard InChI is InChI=1S/C23H22N4/c24-11-15-5-6-23-20(9-15)21(14-27-23)19-10-17(19)12-25-8-7-16-13-26-22-4-2-1-3-18(16)22/h1-6,9,13-14,17,19,25-27H,7-8,10,12H2. The quantitative estimate of drug-likeness (QED) is 0.448. The van der Waals surface area contributed by atoms with Crippen molar-refractivity contribution in [3.63, 3.8) is 0 Å². The van der Waals surface area contributed by atoms with E-state index in [0.717, 1.165) is 30.6 Å². The maximum absolute atomic E-state index is 9.15. The summed E-state index contributed by atoms with van der Waals surface area (Å²) >= 11 is 0. The minimum absolute atomic E-state index is 0.605. The molecule has 1 aliphatic carbocycles. The molecule has 3 N–H and O–H groups in total. The number of hydrogen-bond acceptors (Lipinski definition) is 2. The summed E-state index contributed by atoms with van der Waals surface area (Å²) in [6.45, 7) is 2.05. The monoisotopic (exact) mass is 354 g/mol. The highest BCUT2D eigenvalue weighted by molar-refractivity contribution is 5.85. The van der Waals surface area contributed by atoms with Gasteiger partial charge in [0.25, 0.3) is 0 Å². The summed E-state index contributed by atoms with van der Waals surface area (Å²) in [6.07, 6.45) is 6.53. The minimum Gasteiger partial charge on any atom is -0.361 e. The Bertz CT molecular complexity index is 1140. The Hall–Kier alpha value is -3.03. The summed E-state index contributed by atoms with van der Waals surface area (Å²) in [4.78, 5) is 6.70. The predicted octanol–water partition coefficient (Wildman–Crippen LogP) is 4.46. The molecule has 0 saturated heterocycles. The molecule has 2 atom stereocenters. The second-order valence-electron chi connectivity index (χ2n) is 7.53. The number of benzene rings is 2. The summed E-state index contributed by atoms with van der Waals surface area (Å²) < 4.78 is 0. The lowest BCUT2D eigenvalue weighted by atomic mass is 10.1. The molecule has 4 aromatic rings. The third kappa shape index (κ3) is 3.01. The van der Waals surface area contributed by atoms with Crippen LogP contribution in [-0.4, -0.2) is 23.1 Å². The highest BCUT2D eigenvalue weighted by Gasteiger charge is 2.39. The Balaban J connectivity index is 1.18. The van der Waals surface area contributed by atoms with E-state index in [0.29, 0.717) is 11.8 Å². The van der Waals surface area contributed by atoms with E-state index in [4.69, 9.17) is 5.26 Å². The van der Waals surface area contributed by atoms with E-state index in [-0.39, 0.29) is 0 Å². The number of H-pyrrole nitrogens is 2. The number of rotatable bonds is 6. The molecule has 4 heteroatoms. The molecular formula is C23H22N4. The molecule has 2 heterocycles. The van der Waals surface area contributed by atoms with E-state index in [1.807, 2.05) is 18.2 Å². The molecule has 2 unspecified atom stereocenters. The lowest BCUT2D eigenvalue weighted by Gasteiger charge is -2.04. The van der Waals surface area contributed by atoms with Gasteiger partial charge in [0.05, 0.1) is 11.6 Å². The van der Waals surface area contributed by atoms with Gasteiger partial charge >= 0.3 is 0 Å². The van der Waals surface area contributed by atoms with Crippen LogP contribution in [0.15, 0.2) is 54.9 Å². The van der Waals surface area contributed by atoms with Gasteiger partial charge in [-0.3, -0.25) is 0 Å². The number of nitrogens with zero attached hydrogens (tertiary/aromatic N) is 1. The SMILES string of the molecule is N#Cc1ccc2[nH]cc(C3CC3CNCCc3c[nH]c4ccccc34)c2c1. The molecule has 2 aromatic carbocycles. The van der Waals surface area contributed by atoms with Gasteiger partial charge in [0.2, 0.25) is 0 Å². The first-order valence-corrected chi connectivity index (χ1v) is 9.60. The van der Waals surface area contributed by atoms with Crippen LogP contribution in [0.25, 0.3) is 21.8 Å². The fraction of sp³-hybridized carbons (Fsp3) is 0.261. The van der Waals surface area contributed by atoms with Gasteiger partial charge in [-0.2, -0.15) is 5.26 Å². The normalized spacial score (nSPS) is 18.8. The summed E-state index contributed by atoms with van der Waals surface area (Å²) in [7, 11) is 0. The minimum atomic E-state index is 0.605. The van der Waals surface area contributed by atoms with Crippen molar-refractivity contribution in [3.05, 3.63) is 71.5 Å². The van der Waals surface area contributed by atoms with E-state index in [9.17, 15) is 0 Å². The Morgan fingerprint density at radius 2 is 1.89 bits per heavy atom. The Morgan fingerprint density at radius 3 is 2.81 bits per heavy atom. The zero-order valence-corrected chi connectivity index (χ0v) is 15.1. The number of nitrogens with one attached hydrogen (secondary N) is 3. The maximum atomic E-state index is 9.15. The lowest BCUT2D eigenvalue weighted by Crippen LogP contribution is -2.20. The molecule has 1 fully saturated rings. The van der Waals surface area contributed by atoms with E-state index in [1.54, 1.807) is 0 Å². The molecule has 0 amide bonds. The number of fused-ring (bicyclic) bond motifs is 2.